The molecule has 0 saturated carbocycles. The van der Waals surface area contributed by atoms with Crippen molar-refractivity contribution in [1.82, 2.24) is 0 Å². The zero-order valence-corrected chi connectivity index (χ0v) is 13.4. The smallest absolute Gasteiger partial charge is 0.0845 e. The number of hydrogen-bond acceptors (Lipinski definition) is 1. The molecule has 0 heterocycles. The van der Waals surface area contributed by atoms with Crippen molar-refractivity contribution < 1.29 is 4.74 Å². The van der Waals surface area contributed by atoms with Crippen molar-refractivity contribution in [3.05, 3.63) is 0 Å². The summed E-state index contributed by atoms with van der Waals surface area (Å²) in [5.41, 5.74) is 0. The molecule has 0 spiro atoms. The van der Waals surface area contributed by atoms with Gasteiger partial charge in [-0.3, -0.25) is 0 Å². The summed E-state index contributed by atoms with van der Waals surface area (Å²) in [4.78, 5) is 0. The summed E-state index contributed by atoms with van der Waals surface area (Å²) in [6.45, 7) is 3.07. The minimum Gasteiger partial charge on any atom is -0.376 e. The van der Waals surface area contributed by atoms with Crippen molar-refractivity contribution in [2.24, 2.45) is 0 Å². The first kappa shape index (κ1) is 18.5. The largest absolute Gasteiger partial charge is 0.376 e. The molecule has 0 aliphatic carbocycles. The van der Waals surface area contributed by atoms with Crippen molar-refractivity contribution in [3.8, 4) is 0 Å². The van der Waals surface area contributed by atoms with Crippen LogP contribution in [0.5, 0.6) is 0 Å². The molecule has 0 aliphatic heterocycles. The number of unbranched alkanes of at least 4 members (excludes halogenated alkanes) is 9. The molecule has 0 rings (SSSR count). The van der Waals surface area contributed by atoms with Gasteiger partial charge in [0.1, 0.15) is 0 Å². The zero-order valence-electron chi connectivity index (χ0n) is 11.9. The lowest BCUT2D eigenvalue weighted by atomic mass is 10.1. The van der Waals surface area contributed by atoms with E-state index < -0.39 is 0 Å². The minimum absolute atomic E-state index is 0.0342. The molecular formula is C15H30Cl2O. The van der Waals surface area contributed by atoms with Gasteiger partial charge in [-0.15, -0.1) is 23.2 Å². The lowest BCUT2D eigenvalue weighted by Gasteiger charge is -2.11. The molecule has 0 saturated heterocycles. The molecule has 0 radical (unpaired) electrons. The maximum absolute atomic E-state index is 5.69. The van der Waals surface area contributed by atoms with Gasteiger partial charge in [-0.1, -0.05) is 64.7 Å². The van der Waals surface area contributed by atoms with Gasteiger partial charge < -0.3 is 4.74 Å². The van der Waals surface area contributed by atoms with Crippen LogP contribution < -0.4 is 0 Å². The lowest BCUT2D eigenvalue weighted by molar-refractivity contribution is 0.0800. The van der Waals surface area contributed by atoms with Gasteiger partial charge in [0, 0.05) is 18.4 Å². The van der Waals surface area contributed by atoms with Crippen LogP contribution in [-0.2, 0) is 4.74 Å². The van der Waals surface area contributed by atoms with Crippen LogP contribution in [0.4, 0.5) is 0 Å². The first-order chi connectivity index (χ1) is 8.85. The van der Waals surface area contributed by atoms with Gasteiger partial charge >= 0.3 is 0 Å². The highest BCUT2D eigenvalue weighted by atomic mass is 35.5. The maximum atomic E-state index is 5.69. The van der Waals surface area contributed by atoms with Gasteiger partial charge in [-0.25, -0.2) is 0 Å². The topological polar surface area (TPSA) is 9.23 Å². The molecule has 0 aromatic carbocycles. The van der Waals surface area contributed by atoms with Gasteiger partial charge in [0.05, 0.1) is 6.10 Å². The second kappa shape index (κ2) is 15.6. The fourth-order valence-corrected chi connectivity index (χ4v) is 2.48. The molecule has 0 N–H and O–H groups in total. The molecule has 0 fully saturated rings. The van der Waals surface area contributed by atoms with E-state index in [-0.39, 0.29) is 6.10 Å². The van der Waals surface area contributed by atoms with Gasteiger partial charge in [0.25, 0.3) is 0 Å². The fraction of sp³-hybridized carbons (Fsp3) is 1.00. The summed E-state index contributed by atoms with van der Waals surface area (Å²) in [6.07, 6.45) is 13.6. The summed E-state index contributed by atoms with van der Waals surface area (Å²) in [5.74, 6) is 1.00. The standard InChI is InChI=1S/C15H30Cl2O/c1-2-3-4-5-6-7-8-9-10-11-12-18-15(13-16)14-17/h15H,2-14H2,1H3. The van der Waals surface area contributed by atoms with Crippen LogP contribution in [0.15, 0.2) is 0 Å². The molecule has 1 nitrogen and oxygen atoms in total. The highest BCUT2D eigenvalue weighted by Crippen LogP contribution is 2.10. The van der Waals surface area contributed by atoms with E-state index in [4.69, 9.17) is 27.9 Å². The fourth-order valence-electron chi connectivity index (χ4n) is 1.97. The number of alkyl halides is 2. The van der Waals surface area contributed by atoms with E-state index in [1.165, 1.54) is 57.8 Å². The third kappa shape index (κ3) is 13.0. The summed E-state index contributed by atoms with van der Waals surface area (Å²) in [7, 11) is 0. The Kier molecular flexibility index (Phi) is 16.1. The Morgan fingerprint density at radius 2 is 1.17 bits per heavy atom. The third-order valence-electron chi connectivity index (χ3n) is 3.20. The van der Waals surface area contributed by atoms with Crippen LogP contribution in [0.3, 0.4) is 0 Å². The Hall–Kier alpha value is 0.540. The van der Waals surface area contributed by atoms with E-state index in [1.807, 2.05) is 0 Å². The van der Waals surface area contributed by atoms with Gasteiger partial charge in [0.15, 0.2) is 0 Å². The van der Waals surface area contributed by atoms with Gasteiger partial charge in [-0.05, 0) is 6.42 Å². The maximum Gasteiger partial charge on any atom is 0.0845 e. The van der Waals surface area contributed by atoms with E-state index in [1.54, 1.807) is 0 Å². The number of hydrogen-bond donors (Lipinski definition) is 0. The van der Waals surface area contributed by atoms with Crippen LogP contribution in [-0.4, -0.2) is 24.5 Å². The van der Waals surface area contributed by atoms with E-state index in [0.29, 0.717) is 11.8 Å². The number of halogens is 2. The molecule has 0 aromatic rings. The average Bonchev–Trinajstić information content (AvgIpc) is 2.40. The molecule has 18 heavy (non-hydrogen) atoms. The normalized spacial score (nSPS) is 11.3. The molecule has 0 aromatic heterocycles. The Morgan fingerprint density at radius 1 is 0.722 bits per heavy atom. The molecular weight excluding hydrogens is 267 g/mol. The van der Waals surface area contributed by atoms with E-state index in [2.05, 4.69) is 6.92 Å². The van der Waals surface area contributed by atoms with Gasteiger partial charge in [-0.2, -0.15) is 0 Å². The molecule has 3 heteroatoms. The Bertz CT molecular complexity index is 149. The van der Waals surface area contributed by atoms with Crippen molar-refractivity contribution >= 4 is 23.2 Å². The predicted molar refractivity (Wildman–Crippen MR) is 83.0 cm³/mol. The SMILES string of the molecule is CCCCCCCCCCCCOC(CCl)CCl. The molecule has 0 bridgehead atoms. The van der Waals surface area contributed by atoms with Crippen LogP contribution in [0.1, 0.15) is 71.1 Å². The van der Waals surface area contributed by atoms with Crippen molar-refractivity contribution in [1.29, 1.82) is 0 Å². The summed E-state index contributed by atoms with van der Waals surface area (Å²) in [5, 5.41) is 0. The zero-order chi connectivity index (χ0) is 13.5. The molecule has 110 valence electrons. The second-order valence-corrected chi connectivity index (χ2v) is 5.60. The number of rotatable bonds is 14. The predicted octanol–water partition coefficient (Wildman–Crippen LogP) is 5.77. The second-order valence-electron chi connectivity index (χ2n) is 4.98. The molecule has 0 unspecified atom stereocenters. The Morgan fingerprint density at radius 3 is 1.61 bits per heavy atom. The first-order valence-corrected chi connectivity index (χ1v) is 8.65. The summed E-state index contributed by atoms with van der Waals surface area (Å²) >= 11 is 11.4. The van der Waals surface area contributed by atoms with E-state index in [9.17, 15) is 0 Å². The van der Waals surface area contributed by atoms with Crippen molar-refractivity contribution in [2.45, 2.75) is 77.2 Å². The van der Waals surface area contributed by atoms with Crippen molar-refractivity contribution in [3.63, 3.8) is 0 Å². The molecule has 0 aliphatic rings. The van der Waals surface area contributed by atoms with E-state index >= 15 is 0 Å². The van der Waals surface area contributed by atoms with Gasteiger partial charge in [0.2, 0.25) is 0 Å². The average molecular weight is 297 g/mol. The highest BCUT2D eigenvalue weighted by molar-refractivity contribution is 6.21. The third-order valence-corrected chi connectivity index (χ3v) is 3.88. The van der Waals surface area contributed by atoms with Crippen LogP contribution in [0, 0.1) is 0 Å². The molecule has 0 amide bonds. The van der Waals surface area contributed by atoms with Crippen LogP contribution in [0.2, 0.25) is 0 Å². The monoisotopic (exact) mass is 296 g/mol. The van der Waals surface area contributed by atoms with E-state index in [0.717, 1.165) is 13.0 Å². The van der Waals surface area contributed by atoms with Crippen molar-refractivity contribution in [2.75, 3.05) is 18.4 Å². The van der Waals surface area contributed by atoms with Crippen LogP contribution >= 0.6 is 23.2 Å². The lowest BCUT2D eigenvalue weighted by Crippen LogP contribution is -2.17. The first-order valence-electron chi connectivity index (χ1n) is 7.58. The highest BCUT2D eigenvalue weighted by Gasteiger charge is 2.04. The van der Waals surface area contributed by atoms with Crippen LogP contribution in [0.25, 0.3) is 0 Å². The summed E-state index contributed by atoms with van der Waals surface area (Å²) in [6, 6.07) is 0. The Balaban J connectivity index is 3.03. The molecule has 0 atom stereocenters. The summed E-state index contributed by atoms with van der Waals surface area (Å²) < 4.78 is 5.55. The Labute approximate surface area is 124 Å². The number of ether oxygens (including phenoxy) is 1. The quantitative estimate of drug-likeness (QED) is 0.292. The minimum atomic E-state index is 0.0342.